The molecule has 1 atom stereocenters. The zero-order chi connectivity index (χ0) is 18.5. The third-order valence-corrected chi connectivity index (χ3v) is 5.06. The molecule has 6 heteroatoms. The number of allylic oxidation sites excluding steroid dienone is 1. The molecule has 1 spiro atoms. The van der Waals surface area contributed by atoms with Crippen molar-refractivity contribution in [3.05, 3.63) is 29.8 Å². The number of carbonyl (C=O) groups is 2. The average Bonchev–Trinajstić information content (AvgIpc) is 3.24. The maximum absolute atomic E-state index is 12.8. The van der Waals surface area contributed by atoms with Gasteiger partial charge < -0.3 is 14.2 Å². The molecule has 0 saturated carbocycles. The van der Waals surface area contributed by atoms with Crippen LogP contribution in [0.1, 0.15) is 45.6 Å². The van der Waals surface area contributed by atoms with Gasteiger partial charge in [0, 0.05) is 13.0 Å². The first-order valence-electron chi connectivity index (χ1n) is 8.94. The van der Waals surface area contributed by atoms with E-state index in [2.05, 4.69) is 0 Å². The lowest BCUT2D eigenvalue weighted by Gasteiger charge is -2.38. The van der Waals surface area contributed by atoms with E-state index in [0.717, 1.165) is 24.0 Å². The summed E-state index contributed by atoms with van der Waals surface area (Å²) in [7, 11) is 0. The number of hydrogen-bond donors (Lipinski definition) is 0. The van der Waals surface area contributed by atoms with Gasteiger partial charge in [0.1, 0.15) is 5.60 Å². The number of ether oxygens (including phenoxy) is 3. The third-order valence-electron chi connectivity index (χ3n) is 5.06. The van der Waals surface area contributed by atoms with Gasteiger partial charge in [-0.3, -0.25) is 9.69 Å². The molecule has 0 aromatic heterocycles. The number of carbonyl (C=O) groups excluding carboxylic acids is 2. The number of rotatable bonds is 1. The van der Waals surface area contributed by atoms with E-state index in [1.165, 1.54) is 0 Å². The van der Waals surface area contributed by atoms with Gasteiger partial charge in [0.25, 0.3) is 0 Å². The van der Waals surface area contributed by atoms with Crippen LogP contribution in [-0.2, 0) is 9.53 Å². The van der Waals surface area contributed by atoms with Crippen LogP contribution in [0.3, 0.4) is 0 Å². The van der Waals surface area contributed by atoms with Crippen molar-refractivity contribution in [3.8, 4) is 11.5 Å². The molecular formula is C20H23NO5. The molecule has 138 valence electrons. The SMILES string of the molecule is CC(C)(C)OC(=O)N1CCC[C@@]12CC(=O)C=C2c1ccc2c(c1)OCO2. The van der Waals surface area contributed by atoms with Gasteiger partial charge in [0.05, 0.1) is 5.54 Å². The molecule has 0 radical (unpaired) electrons. The summed E-state index contributed by atoms with van der Waals surface area (Å²) in [4.78, 5) is 26.9. The molecule has 1 aromatic rings. The Bertz CT molecular complexity index is 807. The fraction of sp³-hybridized carbons (Fsp3) is 0.500. The second kappa shape index (κ2) is 5.76. The van der Waals surface area contributed by atoms with Crippen LogP contribution in [0, 0.1) is 0 Å². The number of likely N-dealkylation sites (tertiary alicyclic amines) is 1. The van der Waals surface area contributed by atoms with Gasteiger partial charge in [-0.05, 0) is 63.0 Å². The number of benzene rings is 1. The van der Waals surface area contributed by atoms with Crippen LogP contribution in [-0.4, -0.2) is 41.3 Å². The highest BCUT2D eigenvalue weighted by Crippen LogP contribution is 2.49. The highest BCUT2D eigenvalue weighted by Gasteiger charge is 2.52. The molecule has 1 saturated heterocycles. The van der Waals surface area contributed by atoms with E-state index in [4.69, 9.17) is 14.2 Å². The lowest BCUT2D eigenvalue weighted by atomic mass is 9.84. The minimum Gasteiger partial charge on any atom is -0.454 e. The molecule has 3 aliphatic rings. The van der Waals surface area contributed by atoms with E-state index in [1.807, 2.05) is 39.0 Å². The standard InChI is InChI=1S/C20H23NO5/c1-19(2,3)26-18(23)21-8-4-7-20(21)11-14(22)10-15(20)13-5-6-16-17(9-13)25-12-24-16/h5-6,9-10H,4,7-8,11-12H2,1-3H3/t20-/m0/s1. The zero-order valence-electron chi connectivity index (χ0n) is 15.3. The van der Waals surface area contributed by atoms with Gasteiger partial charge >= 0.3 is 6.09 Å². The van der Waals surface area contributed by atoms with Crippen molar-refractivity contribution < 1.29 is 23.8 Å². The summed E-state index contributed by atoms with van der Waals surface area (Å²) in [6.45, 7) is 6.34. The number of nitrogens with zero attached hydrogens (tertiary/aromatic N) is 1. The summed E-state index contributed by atoms with van der Waals surface area (Å²) >= 11 is 0. The first-order valence-corrected chi connectivity index (χ1v) is 8.94. The van der Waals surface area contributed by atoms with E-state index in [1.54, 1.807) is 11.0 Å². The molecule has 1 aromatic carbocycles. The van der Waals surface area contributed by atoms with Crippen molar-refractivity contribution in [1.29, 1.82) is 0 Å². The summed E-state index contributed by atoms with van der Waals surface area (Å²) in [5, 5.41) is 0. The first-order chi connectivity index (χ1) is 12.3. The Labute approximate surface area is 152 Å². The molecule has 1 aliphatic carbocycles. The third kappa shape index (κ3) is 2.73. The molecule has 26 heavy (non-hydrogen) atoms. The second-order valence-corrected chi connectivity index (χ2v) is 8.04. The van der Waals surface area contributed by atoms with Crippen LogP contribution in [0.15, 0.2) is 24.3 Å². The highest BCUT2D eigenvalue weighted by molar-refractivity contribution is 6.06. The van der Waals surface area contributed by atoms with Gasteiger partial charge in [-0.25, -0.2) is 4.79 Å². The lowest BCUT2D eigenvalue weighted by Crippen LogP contribution is -2.49. The minimum absolute atomic E-state index is 0.0353. The van der Waals surface area contributed by atoms with E-state index in [-0.39, 0.29) is 18.7 Å². The zero-order valence-corrected chi connectivity index (χ0v) is 15.3. The Hall–Kier alpha value is -2.50. The quantitative estimate of drug-likeness (QED) is 0.769. The number of amides is 1. The molecule has 2 aliphatic heterocycles. The summed E-state index contributed by atoms with van der Waals surface area (Å²) in [6.07, 6.45) is 3.19. The smallest absolute Gasteiger partial charge is 0.411 e. The maximum Gasteiger partial charge on any atom is 0.411 e. The minimum atomic E-state index is -0.632. The van der Waals surface area contributed by atoms with Crippen LogP contribution in [0.5, 0.6) is 11.5 Å². The van der Waals surface area contributed by atoms with Gasteiger partial charge in [-0.2, -0.15) is 0 Å². The maximum atomic E-state index is 12.8. The van der Waals surface area contributed by atoms with Crippen molar-refractivity contribution in [2.24, 2.45) is 0 Å². The molecule has 0 bridgehead atoms. The van der Waals surface area contributed by atoms with E-state index in [9.17, 15) is 9.59 Å². The first kappa shape index (κ1) is 16.9. The van der Waals surface area contributed by atoms with Crippen LogP contribution >= 0.6 is 0 Å². The number of ketones is 1. The Balaban J connectivity index is 1.71. The molecule has 1 amide bonds. The van der Waals surface area contributed by atoms with E-state index >= 15 is 0 Å². The molecule has 2 heterocycles. The Morgan fingerprint density at radius 3 is 2.77 bits per heavy atom. The van der Waals surface area contributed by atoms with Crippen LogP contribution in [0.25, 0.3) is 5.57 Å². The van der Waals surface area contributed by atoms with Crippen LogP contribution in [0.4, 0.5) is 4.79 Å². The summed E-state index contributed by atoms with van der Waals surface area (Å²) in [6, 6.07) is 5.66. The van der Waals surface area contributed by atoms with Crippen molar-refractivity contribution >= 4 is 17.4 Å². The van der Waals surface area contributed by atoms with Gasteiger partial charge in [-0.15, -0.1) is 0 Å². The van der Waals surface area contributed by atoms with Gasteiger partial charge in [-0.1, -0.05) is 6.07 Å². The van der Waals surface area contributed by atoms with Gasteiger partial charge in [0.15, 0.2) is 17.3 Å². The predicted octanol–water partition coefficient (Wildman–Crippen LogP) is 3.54. The fourth-order valence-electron chi connectivity index (χ4n) is 4.07. The summed E-state index contributed by atoms with van der Waals surface area (Å²) in [5.74, 6) is 1.40. The second-order valence-electron chi connectivity index (χ2n) is 8.04. The average molecular weight is 357 g/mol. The van der Waals surface area contributed by atoms with E-state index in [0.29, 0.717) is 24.5 Å². The molecule has 6 nitrogen and oxygen atoms in total. The molecular weight excluding hydrogens is 334 g/mol. The summed E-state index contributed by atoms with van der Waals surface area (Å²) < 4.78 is 16.5. The highest BCUT2D eigenvalue weighted by atomic mass is 16.7. The fourth-order valence-corrected chi connectivity index (χ4v) is 4.07. The van der Waals surface area contributed by atoms with Crippen molar-refractivity contribution in [3.63, 3.8) is 0 Å². The molecule has 4 rings (SSSR count). The van der Waals surface area contributed by atoms with Crippen molar-refractivity contribution in [2.45, 2.75) is 51.2 Å². The molecule has 0 N–H and O–H groups in total. The predicted molar refractivity (Wildman–Crippen MR) is 95.1 cm³/mol. The normalized spacial score (nSPS) is 24.3. The largest absolute Gasteiger partial charge is 0.454 e. The van der Waals surface area contributed by atoms with Crippen LogP contribution in [0.2, 0.25) is 0 Å². The summed E-state index contributed by atoms with van der Waals surface area (Å²) in [5.41, 5.74) is 0.541. The van der Waals surface area contributed by atoms with E-state index < -0.39 is 11.1 Å². The van der Waals surface area contributed by atoms with Crippen molar-refractivity contribution in [1.82, 2.24) is 4.90 Å². The van der Waals surface area contributed by atoms with Gasteiger partial charge in [0.2, 0.25) is 6.79 Å². The van der Waals surface area contributed by atoms with Crippen molar-refractivity contribution in [2.75, 3.05) is 13.3 Å². The monoisotopic (exact) mass is 357 g/mol. The molecule has 1 fully saturated rings. The Morgan fingerprint density at radius 2 is 2.00 bits per heavy atom. The molecule has 0 unspecified atom stereocenters. The topological polar surface area (TPSA) is 65.1 Å². The Kier molecular flexibility index (Phi) is 3.75. The Morgan fingerprint density at radius 1 is 1.23 bits per heavy atom. The number of fused-ring (bicyclic) bond motifs is 1. The number of hydrogen-bond acceptors (Lipinski definition) is 5. The lowest BCUT2D eigenvalue weighted by molar-refractivity contribution is -0.115. The van der Waals surface area contributed by atoms with Crippen LogP contribution < -0.4 is 9.47 Å².